The van der Waals surface area contributed by atoms with Crippen molar-refractivity contribution >= 4 is 0 Å². The van der Waals surface area contributed by atoms with Crippen LogP contribution in [0.1, 0.15) is 49.8 Å². The van der Waals surface area contributed by atoms with Gasteiger partial charge in [-0.05, 0) is 76.7 Å². The molecule has 1 N–H and O–H groups in total. The predicted octanol–water partition coefficient (Wildman–Crippen LogP) is 3.04. The maximum absolute atomic E-state index is 9.64. The highest BCUT2D eigenvalue weighted by atomic mass is 16.3. The van der Waals surface area contributed by atoms with Crippen LogP contribution in [0.5, 0.6) is 0 Å². The van der Waals surface area contributed by atoms with Crippen LogP contribution in [0.15, 0.2) is 18.2 Å². The van der Waals surface area contributed by atoms with Gasteiger partial charge in [-0.1, -0.05) is 18.2 Å². The quantitative estimate of drug-likeness (QED) is 0.830. The van der Waals surface area contributed by atoms with E-state index in [0.717, 1.165) is 32.6 Å². The zero-order valence-electron chi connectivity index (χ0n) is 17.8. The lowest BCUT2D eigenvalue weighted by Crippen LogP contribution is -2.58. The number of aliphatic hydroxyl groups is 1. The predicted molar refractivity (Wildman–Crippen MR) is 113 cm³/mol. The summed E-state index contributed by atoms with van der Waals surface area (Å²) in [5.74, 6) is 0. The fourth-order valence-corrected chi connectivity index (χ4v) is 4.86. The van der Waals surface area contributed by atoms with Crippen LogP contribution in [-0.4, -0.2) is 77.3 Å². The average molecular weight is 374 g/mol. The van der Waals surface area contributed by atoms with Gasteiger partial charge in [0.2, 0.25) is 0 Å². The normalized spacial score (nSPS) is 24.0. The van der Waals surface area contributed by atoms with E-state index in [1.807, 2.05) is 0 Å². The molecule has 2 heterocycles. The summed E-state index contributed by atoms with van der Waals surface area (Å²) in [6, 6.07) is 8.70. The summed E-state index contributed by atoms with van der Waals surface area (Å²) in [6.07, 6.45) is 3.45. The molecule has 0 saturated carbocycles. The number of aryl methyl sites for hydroxylation is 2. The van der Waals surface area contributed by atoms with Gasteiger partial charge in [0.1, 0.15) is 0 Å². The summed E-state index contributed by atoms with van der Waals surface area (Å²) in [5.41, 5.74) is 4.17. The summed E-state index contributed by atoms with van der Waals surface area (Å²) >= 11 is 0. The summed E-state index contributed by atoms with van der Waals surface area (Å²) in [4.78, 5) is 7.92. The number of rotatable bonds is 6. The molecule has 2 saturated heterocycles. The summed E-state index contributed by atoms with van der Waals surface area (Å²) in [5, 5.41) is 9.64. The van der Waals surface area contributed by atoms with Crippen molar-refractivity contribution in [1.82, 2.24) is 14.7 Å². The van der Waals surface area contributed by atoms with E-state index in [-0.39, 0.29) is 0 Å². The Hall–Kier alpha value is -0.940. The van der Waals surface area contributed by atoms with Crippen molar-refractivity contribution in [3.63, 3.8) is 0 Å². The molecule has 0 amide bonds. The zero-order chi connectivity index (χ0) is 19.4. The molecule has 0 bridgehead atoms. The molecular formula is C23H39N3O. The Morgan fingerprint density at radius 2 is 1.78 bits per heavy atom. The van der Waals surface area contributed by atoms with Gasteiger partial charge in [0, 0.05) is 50.9 Å². The lowest BCUT2D eigenvalue weighted by molar-refractivity contribution is -0.0000326. The van der Waals surface area contributed by atoms with Gasteiger partial charge in [-0.3, -0.25) is 9.80 Å². The Kier molecular flexibility index (Phi) is 7.32. The second kappa shape index (κ2) is 9.51. The molecule has 1 aromatic rings. The molecule has 1 aromatic carbocycles. The molecular weight excluding hydrogens is 334 g/mol. The van der Waals surface area contributed by atoms with Gasteiger partial charge in [-0.25, -0.2) is 0 Å². The van der Waals surface area contributed by atoms with Crippen LogP contribution in [0, 0.1) is 13.8 Å². The maximum atomic E-state index is 9.64. The van der Waals surface area contributed by atoms with Crippen molar-refractivity contribution in [2.24, 2.45) is 0 Å². The van der Waals surface area contributed by atoms with E-state index in [1.165, 1.54) is 42.6 Å². The van der Waals surface area contributed by atoms with Crippen molar-refractivity contribution < 1.29 is 5.11 Å². The highest BCUT2D eigenvalue weighted by Crippen LogP contribution is 2.25. The summed E-state index contributed by atoms with van der Waals surface area (Å²) < 4.78 is 0. The van der Waals surface area contributed by atoms with Crippen LogP contribution in [0.4, 0.5) is 0 Å². The number of piperidine rings is 1. The molecule has 2 aliphatic heterocycles. The Balaban J connectivity index is 1.59. The molecule has 27 heavy (non-hydrogen) atoms. The molecule has 4 nitrogen and oxygen atoms in total. The molecule has 4 heteroatoms. The zero-order valence-corrected chi connectivity index (χ0v) is 17.8. The Morgan fingerprint density at radius 3 is 2.41 bits per heavy atom. The third kappa shape index (κ3) is 5.32. The summed E-state index contributed by atoms with van der Waals surface area (Å²) in [6.45, 7) is 16.1. The molecule has 3 rings (SSSR count). The monoisotopic (exact) mass is 373 g/mol. The standard InChI is InChI=1S/C23H39N3O/c1-18(2)25-10-7-22(8-11-25)26-13-12-24(17-23(26)9-14-27)16-21-6-5-19(3)20(4)15-21/h5-6,15,18,22-23,27H,7-14,16-17H2,1-4H3/t23-/m0/s1. The van der Waals surface area contributed by atoms with Crippen molar-refractivity contribution in [3.05, 3.63) is 34.9 Å². The first-order valence-electron chi connectivity index (χ1n) is 10.9. The third-order valence-corrected chi connectivity index (χ3v) is 6.75. The fourth-order valence-electron chi connectivity index (χ4n) is 4.86. The van der Waals surface area contributed by atoms with Crippen LogP contribution in [0.3, 0.4) is 0 Å². The number of benzene rings is 1. The molecule has 152 valence electrons. The molecule has 2 fully saturated rings. The van der Waals surface area contributed by atoms with Crippen LogP contribution < -0.4 is 0 Å². The SMILES string of the molecule is Cc1ccc(CN2CCN(C3CCN(C(C)C)CC3)[C@@H](CCO)C2)cc1C. The summed E-state index contributed by atoms with van der Waals surface area (Å²) in [7, 11) is 0. The van der Waals surface area contributed by atoms with Gasteiger partial charge < -0.3 is 10.0 Å². The van der Waals surface area contributed by atoms with Crippen LogP contribution in [0.25, 0.3) is 0 Å². The second-order valence-corrected chi connectivity index (χ2v) is 8.92. The number of hydrogen-bond acceptors (Lipinski definition) is 4. The first kappa shape index (κ1) is 20.8. The number of likely N-dealkylation sites (tertiary alicyclic amines) is 1. The molecule has 0 aromatic heterocycles. The minimum atomic E-state index is 0.295. The van der Waals surface area contributed by atoms with Crippen LogP contribution in [-0.2, 0) is 6.54 Å². The number of hydrogen-bond donors (Lipinski definition) is 1. The lowest BCUT2D eigenvalue weighted by Gasteiger charge is -2.48. The van der Waals surface area contributed by atoms with Crippen molar-refractivity contribution in [2.75, 3.05) is 39.3 Å². The van der Waals surface area contributed by atoms with Gasteiger partial charge in [0.15, 0.2) is 0 Å². The van der Waals surface area contributed by atoms with Crippen LogP contribution >= 0.6 is 0 Å². The van der Waals surface area contributed by atoms with E-state index < -0.39 is 0 Å². The topological polar surface area (TPSA) is 30.0 Å². The molecule has 0 radical (unpaired) electrons. The lowest BCUT2D eigenvalue weighted by atomic mass is 9.97. The van der Waals surface area contributed by atoms with E-state index in [4.69, 9.17) is 0 Å². The van der Waals surface area contributed by atoms with E-state index in [1.54, 1.807) is 0 Å². The minimum Gasteiger partial charge on any atom is -0.396 e. The highest BCUT2D eigenvalue weighted by molar-refractivity contribution is 5.29. The van der Waals surface area contributed by atoms with Gasteiger partial charge in [-0.15, -0.1) is 0 Å². The van der Waals surface area contributed by atoms with E-state index in [9.17, 15) is 5.11 Å². The van der Waals surface area contributed by atoms with E-state index >= 15 is 0 Å². The van der Waals surface area contributed by atoms with Crippen LogP contribution in [0.2, 0.25) is 0 Å². The van der Waals surface area contributed by atoms with E-state index in [0.29, 0.717) is 24.7 Å². The van der Waals surface area contributed by atoms with Gasteiger partial charge in [0.25, 0.3) is 0 Å². The first-order chi connectivity index (χ1) is 13.0. The number of nitrogens with zero attached hydrogens (tertiary/aromatic N) is 3. The molecule has 0 unspecified atom stereocenters. The largest absolute Gasteiger partial charge is 0.396 e. The van der Waals surface area contributed by atoms with Crippen molar-refractivity contribution in [1.29, 1.82) is 0 Å². The van der Waals surface area contributed by atoms with Crippen molar-refractivity contribution in [3.8, 4) is 0 Å². The number of aliphatic hydroxyl groups excluding tert-OH is 1. The molecule has 0 aliphatic carbocycles. The third-order valence-electron chi connectivity index (χ3n) is 6.75. The first-order valence-corrected chi connectivity index (χ1v) is 10.9. The molecule has 0 spiro atoms. The smallest absolute Gasteiger partial charge is 0.0446 e. The maximum Gasteiger partial charge on any atom is 0.0446 e. The van der Waals surface area contributed by atoms with Crippen molar-refractivity contribution in [2.45, 2.75) is 71.6 Å². The molecule has 2 aliphatic rings. The fraction of sp³-hybridized carbons (Fsp3) is 0.739. The Labute approximate surface area is 166 Å². The Bertz CT molecular complexity index is 595. The van der Waals surface area contributed by atoms with E-state index in [2.05, 4.69) is 60.6 Å². The van der Waals surface area contributed by atoms with Gasteiger partial charge in [0.05, 0.1) is 0 Å². The highest BCUT2D eigenvalue weighted by Gasteiger charge is 2.33. The minimum absolute atomic E-state index is 0.295. The Morgan fingerprint density at radius 1 is 1.04 bits per heavy atom. The van der Waals surface area contributed by atoms with Gasteiger partial charge >= 0.3 is 0 Å². The molecule has 1 atom stereocenters. The second-order valence-electron chi connectivity index (χ2n) is 8.92. The van der Waals surface area contributed by atoms with Gasteiger partial charge in [-0.2, -0.15) is 0 Å². The average Bonchev–Trinajstić information content (AvgIpc) is 2.65. The number of piperazine rings is 1.